The van der Waals surface area contributed by atoms with E-state index in [1.54, 1.807) is 36.7 Å². The van der Waals surface area contributed by atoms with Gasteiger partial charge in [-0.2, -0.15) is 15.3 Å². The number of amides is 3. The summed E-state index contributed by atoms with van der Waals surface area (Å²) in [6, 6.07) is 6.15. The maximum atomic E-state index is 13.9. The van der Waals surface area contributed by atoms with Gasteiger partial charge < -0.3 is 16.0 Å². The number of carbonyl (C=O) groups is 3. The van der Waals surface area contributed by atoms with E-state index in [1.165, 1.54) is 16.6 Å². The average molecular weight is 425 g/mol. The molecule has 4 rings (SSSR count). The number of aromatic nitrogens is 4. The zero-order valence-corrected chi connectivity index (χ0v) is 16.7. The molecular weight excluding hydrogens is 405 g/mol. The van der Waals surface area contributed by atoms with Crippen molar-refractivity contribution in [3.8, 4) is 11.1 Å². The summed E-state index contributed by atoms with van der Waals surface area (Å²) in [6.45, 7) is -0.432. The standard InChI is InChI=1S/C20H20FN7O3/c1-23-20(31)16-7-13(21)9-27(16)17(29)10-28-15-3-2-11(12-4-5-24-25-8-12)6-14(15)18(26-28)19(22)30/h2-6,8,13,16H,7,9-10H2,1H3,(H2,22,30)(H,23,31). The van der Waals surface area contributed by atoms with Gasteiger partial charge in [-0.3, -0.25) is 19.1 Å². The van der Waals surface area contributed by atoms with Crippen molar-refractivity contribution in [2.45, 2.75) is 25.2 Å². The number of carbonyl (C=O) groups excluding carboxylic acids is 3. The molecule has 0 radical (unpaired) electrons. The minimum atomic E-state index is -1.28. The molecule has 3 heterocycles. The molecule has 1 saturated heterocycles. The number of nitrogens with zero attached hydrogens (tertiary/aromatic N) is 5. The molecule has 1 aromatic carbocycles. The Morgan fingerprint density at radius 1 is 1.23 bits per heavy atom. The van der Waals surface area contributed by atoms with Crippen LogP contribution in [-0.4, -0.2) is 68.4 Å². The monoisotopic (exact) mass is 425 g/mol. The minimum Gasteiger partial charge on any atom is -0.364 e. The molecule has 1 aliphatic rings. The van der Waals surface area contributed by atoms with E-state index >= 15 is 0 Å². The Hall–Kier alpha value is -3.89. The third-order valence-electron chi connectivity index (χ3n) is 5.31. The molecule has 1 fully saturated rings. The van der Waals surface area contributed by atoms with Gasteiger partial charge in [0.15, 0.2) is 5.69 Å². The zero-order chi connectivity index (χ0) is 22.1. The van der Waals surface area contributed by atoms with Gasteiger partial charge in [-0.1, -0.05) is 6.07 Å². The van der Waals surface area contributed by atoms with E-state index in [0.717, 1.165) is 11.1 Å². The zero-order valence-electron chi connectivity index (χ0n) is 16.7. The van der Waals surface area contributed by atoms with E-state index in [4.69, 9.17) is 5.73 Å². The second-order valence-electron chi connectivity index (χ2n) is 7.24. The average Bonchev–Trinajstić information content (AvgIpc) is 3.34. The van der Waals surface area contributed by atoms with Gasteiger partial charge in [-0.05, 0) is 23.8 Å². The van der Waals surface area contributed by atoms with Gasteiger partial charge in [-0.15, -0.1) is 0 Å². The molecule has 0 spiro atoms. The largest absolute Gasteiger partial charge is 0.364 e. The maximum Gasteiger partial charge on any atom is 0.269 e. The van der Waals surface area contributed by atoms with Crippen molar-refractivity contribution < 1.29 is 18.8 Å². The van der Waals surface area contributed by atoms with Crippen molar-refractivity contribution in [3.63, 3.8) is 0 Å². The molecule has 10 nitrogen and oxygen atoms in total. The Morgan fingerprint density at radius 2 is 2.03 bits per heavy atom. The van der Waals surface area contributed by atoms with Crippen LogP contribution in [0.2, 0.25) is 0 Å². The third-order valence-corrected chi connectivity index (χ3v) is 5.31. The highest BCUT2D eigenvalue weighted by Crippen LogP contribution is 2.27. The molecule has 0 aliphatic carbocycles. The minimum absolute atomic E-state index is 0.0132. The van der Waals surface area contributed by atoms with Crippen LogP contribution in [0, 0.1) is 0 Å². The van der Waals surface area contributed by atoms with Crippen LogP contribution in [0.3, 0.4) is 0 Å². The van der Waals surface area contributed by atoms with E-state index in [0.29, 0.717) is 10.9 Å². The van der Waals surface area contributed by atoms with Gasteiger partial charge in [0, 0.05) is 24.4 Å². The molecule has 1 aliphatic heterocycles. The Balaban J connectivity index is 1.69. The second-order valence-corrected chi connectivity index (χ2v) is 7.24. The fourth-order valence-electron chi connectivity index (χ4n) is 3.82. The van der Waals surface area contributed by atoms with Gasteiger partial charge >= 0.3 is 0 Å². The lowest BCUT2D eigenvalue weighted by Crippen LogP contribution is -2.46. The number of likely N-dealkylation sites (tertiary alicyclic amines) is 1. The second kappa shape index (κ2) is 8.09. The van der Waals surface area contributed by atoms with E-state index in [1.807, 2.05) is 0 Å². The summed E-state index contributed by atoms with van der Waals surface area (Å²) in [7, 11) is 1.44. The fraction of sp³-hybridized carbons (Fsp3) is 0.300. The number of nitrogens with one attached hydrogen (secondary N) is 1. The van der Waals surface area contributed by atoms with Crippen molar-refractivity contribution in [3.05, 3.63) is 42.4 Å². The number of nitrogens with two attached hydrogens (primary N) is 1. The molecule has 11 heteroatoms. The van der Waals surface area contributed by atoms with E-state index < -0.39 is 29.9 Å². The number of alkyl halides is 1. The Morgan fingerprint density at radius 3 is 2.71 bits per heavy atom. The molecule has 0 bridgehead atoms. The Kier molecular flexibility index (Phi) is 5.32. The van der Waals surface area contributed by atoms with Crippen LogP contribution in [0.15, 0.2) is 36.7 Å². The van der Waals surface area contributed by atoms with Crippen LogP contribution in [0.1, 0.15) is 16.9 Å². The van der Waals surface area contributed by atoms with E-state index in [9.17, 15) is 18.8 Å². The molecular formula is C20H20FN7O3. The summed E-state index contributed by atoms with van der Waals surface area (Å²) < 4.78 is 15.3. The predicted octanol–water partition coefficient (Wildman–Crippen LogP) is 0.277. The van der Waals surface area contributed by atoms with Crippen LogP contribution in [0.5, 0.6) is 0 Å². The summed E-state index contributed by atoms with van der Waals surface area (Å²) in [6.07, 6.45) is 1.80. The molecule has 2 unspecified atom stereocenters. The number of rotatable bonds is 5. The first-order chi connectivity index (χ1) is 14.9. The Bertz CT molecular complexity index is 1160. The quantitative estimate of drug-likeness (QED) is 0.603. The summed E-state index contributed by atoms with van der Waals surface area (Å²) in [4.78, 5) is 38.1. The molecule has 2 atom stereocenters. The first-order valence-electron chi connectivity index (χ1n) is 9.61. The maximum absolute atomic E-state index is 13.9. The number of hydrogen-bond acceptors (Lipinski definition) is 6. The van der Waals surface area contributed by atoms with Gasteiger partial charge in [0.05, 0.1) is 24.5 Å². The fourth-order valence-corrected chi connectivity index (χ4v) is 3.82. The van der Waals surface area contributed by atoms with E-state index in [-0.39, 0.29) is 25.2 Å². The topological polar surface area (TPSA) is 136 Å². The smallest absolute Gasteiger partial charge is 0.269 e. The van der Waals surface area contributed by atoms with Crippen molar-refractivity contribution >= 4 is 28.6 Å². The number of primary amides is 1. The summed E-state index contributed by atoms with van der Waals surface area (Å²) >= 11 is 0. The number of fused-ring (bicyclic) bond motifs is 1. The summed E-state index contributed by atoms with van der Waals surface area (Å²) in [5.74, 6) is -1.64. The van der Waals surface area contributed by atoms with Gasteiger partial charge in [0.2, 0.25) is 11.8 Å². The Labute approximate surface area is 176 Å². The number of benzene rings is 1. The summed E-state index contributed by atoms with van der Waals surface area (Å²) in [5.41, 5.74) is 7.59. The number of halogens is 1. The molecule has 3 aromatic rings. The normalized spacial score (nSPS) is 18.3. The van der Waals surface area contributed by atoms with Crippen LogP contribution in [0.4, 0.5) is 4.39 Å². The third kappa shape index (κ3) is 3.81. The van der Waals surface area contributed by atoms with Crippen molar-refractivity contribution in [2.75, 3.05) is 13.6 Å². The molecule has 2 aromatic heterocycles. The predicted molar refractivity (Wildman–Crippen MR) is 108 cm³/mol. The van der Waals surface area contributed by atoms with Gasteiger partial charge in [0.1, 0.15) is 18.8 Å². The first-order valence-corrected chi connectivity index (χ1v) is 9.61. The van der Waals surface area contributed by atoms with E-state index in [2.05, 4.69) is 20.6 Å². The molecule has 160 valence electrons. The lowest BCUT2D eigenvalue weighted by atomic mass is 10.0. The highest BCUT2D eigenvalue weighted by Gasteiger charge is 2.39. The van der Waals surface area contributed by atoms with Crippen molar-refractivity contribution in [2.24, 2.45) is 5.73 Å². The molecule has 31 heavy (non-hydrogen) atoms. The highest BCUT2D eigenvalue weighted by atomic mass is 19.1. The molecule has 3 amide bonds. The van der Waals surface area contributed by atoms with Crippen LogP contribution < -0.4 is 11.1 Å². The van der Waals surface area contributed by atoms with Crippen LogP contribution in [-0.2, 0) is 16.1 Å². The van der Waals surface area contributed by atoms with Crippen molar-refractivity contribution in [1.82, 2.24) is 30.2 Å². The van der Waals surface area contributed by atoms with Gasteiger partial charge in [-0.25, -0.2) is 4.39 Å². The highest BCUT2D eigenvalue weighted by molar-refractivity contribution is 6.05. The number of hydrogen-bond donors (Lipinski definition) is 2. The van der Waals surface area contributed by atoms with Crippen LogP contribution >= 0.6 is 0 Å². The molecule has 0 saturated carbocycles. The van der Waals surface area contributed by atoms with Crippen LogP contribution in [0.25, 0.3) is 22.0 Å². The molecule has 3 N–H and O–H groups in total. The first kappa shape index (κ1) is 20.4. The lowest BCUT2D eigenvalue weighted by molar-refractivity contribution is -0.138. The summed E-state index contributed by atoms with van der Waals surface area (Å²) in [5, 5.41) is 14.7. The SMILES string of the molecule is CNC(=O)C1CC(F)CN1C(=O)Cn1nc(C(N)=O)c2cc(-c3ccnnc3)ccc21. The lowest BCUT2D eigenvalue weighted by Gasteiger charge is -2.23. The van der Waals surface area contributed by atoms with Gasteiger partial charge in [0.25, 0.3) is 5.91 Å². The number of likely N-dealkylation sites (N-methyl/N-ethyl adjacent to an activating group) is 1. The van der Waals surface area contributed by atoms with Crippen molar-refractivity contribution in [1.29, 1.82) is 0 Å².